The lowest BCUT2D eigenvalue weighted by molar-refractivity contribution is 0.293. The first-order valence-electron chi connectivity index (χ1n) is 5.38. The average molecular weight is 239 g/mol. The van der Waals surface area contributed by atoms with E-state index >= 15 is 0 Å². The molecule has 0 saturated heterocycles. The number of H-pyrrole nitrogens is 1. The van der Waals surface area contributed by atoms with Crippen molar-refractivity contribution in [2.75, 3.05) is 19.7 Å². The Bertz CT molecular complexity index is 467. The van der Waals surface area contributed by atoms with Crippen LogP contribution in [0.3, 0.4) is 0 Å². The number of nitrogens with one attached hydrogen (secondary N) is 2. The van der Waals surface area contributed by atoms with Gasteiger partial charge in [-0.25, -0.2) is 0 Å². The highest BCUT2D eigenvalue weighted by Gasteiger charge is 2.03. The maximum atomic E-state index is 8.65. The van der Waals surface area contributed by atoms with Crippen molar-refractivity contribution in [1.82, 2.24) is 10.3 Å². The number of aliphatic hydroxyl groups is 1. The van der Waals surface area contributed by atoms with E-state index < -0.39 is 0 Å². The molecular formula is C12H15ClN2O. The Hall–Kier alpha value is -1.03. The van der Waals surface area contributed by atoms with Crippen molar-refractivity contribution in [3.8, 4) is 0 Å². The van der Waals surface area contributed by atoms with Crippen molar-refractivity contribution in [1.29, 1.82) is 0 Å². The van der Waals surface area contributed by atoms with Crippen LogP contribution in [0.25, 0.3) is 10.9 Å². The van der Waals surface area contributed by atoms with Gasteiger partial charge in [0.15, 0.2) is 0 Å². The first kappa shape index (κ1) is 11.5. The molecule has 0 fully saturated rings. The Morgan fingerprint density at radius 1 is 1.31 bits per heavy atom. The summed E-state index contributed by atoms with van der Waals surface area (Å²) in [4.78, 5) is 3.22. The highest BCUT2D eigenvalue weighted by molar-refractivity contribution is 6.31. The zero-order chi connectivity index (χ0) is 11.4. The molecule has 1 heterocycles. The van der Waals surface area contributed by atoms with E-state index in [4.69, 9.17) is 16.7 Å². The van der Waals surface area contributed by atoms with Crippen LogP contribution in [0.1, 0.15) is 5.56 Å². The van der Waals surface area contributed by atoms with Crippen molar-refractivity contribution >= 4 is 22.5 Å². The molecule has 0 aliphatic carbocycles. The molecule has 0 unspecified atom stereocenters. The lowest BCUT2D eigenvalue weighted by Crippen LogP contribution is -2.20. The predicted molar refractivity (Wildman–Crippen MR) is 67.0 cm³/mol. The van der Waals surface area contributed by atoms with E-state index in [1.807, 2.05) is 24.4 Å². The lowest BCUT2D eigenvalue weighted by Gasteiger charge is -2.01. The third-order valence-corrected chi connectivity index (χ3v) is 2.82. The van der Waals surface area contributed by atoms with Gasteiger partial charge in [0.25, 0.3) is 0 Å². The molecule has 16 heavy (non-hydrogen) atoms. The molecule has 3 nitrogen and oxygen atoms in total. The first-order valence-corrected chi connectivity index (χ1v) is 5.76. The van der Waals surface area contributed by atoms with Gasteiger partial charge in [-0.2, -0.15) is 0 Å². The van der Waals surface area contributed by atoms with Crippen molar-refractivity contribution < 1.29 is 5.11 Å². The molecule has 4 heteroatoms. The van der Waals surface area contributed by atoms with Crippen molar-refractivity contribution in [3.05, 3.63) is 35.0 Å². The summed E-state index contributed by atoms with van der Waals surface area (Å²) in [6, 6.07) is 5.85. The van der Waals surface area contributed by atoms with Gasteiger partial charge in [-0.3, -0.25) is 0 Å². The van der Waals surface area contributed by atoms with E-state index in [0.29, 0.717) is 6.54 Å². The molecule has 0 atom stereocenters. The molecule has 0 radical (unpaired) electrons. The molecule has 0 saturated carbocycles. The molecule has 0 bridgehead atoms. The molecule has 0 aliphatic rings. The summed E-state index contributed by atoms with van der Waals surface area (Å²) in [5.41, 5.74) is 2.37. The van der Waals surface area contributed by atoms with E-state index in [2.05, 4.69) is 10.3 Å². The number of halogens is 1. The normalized spacial score (nSPS) is 11.1. The average Bonchev–Trinajstić information content (AvgIpc) is 2.67. The Labute approximate surface area is 99.4 Å². The number of aliphatic hydroxyl groups excluding tert-OH is 1. The van der Waals surface area contributed by atoms with Gasteiger partial charge in [-0.15, -0.1) is 0 Å². The van der Waals surface area contributed by atoms with Crippen LogP contribution in [-0.4, -0.2) is 29.8 Å². The topological polar surface area (TPSA) is 48.0 Å². The second-order valence-corrected chi connectivity index (χ2v) is 4.16. The number of benzene rings is 1. The molecule has 2 aromatic rings. The second kappa shape index (κ2) is 5.34. The van der Waals surface area contributed by atoms with E-state index in [1.54, 1.807) is 0 Å². The van der Waals surface area contributed by atoms with Crippen LogP contribution in [0.15, 0.2) is 24.4 Å². The van der Waals surface area contributed by atoms with Crippen LogP contribution in [0, 0.1) is 0 Å². The molecule has 1 aromatic carbocycles. The minimum atomic E-state index is 0.180. The van der Waals surface area contributed by atoms with Gasteiger partial charge < -0.3 is 15.4 Å². The summed E-state index contributed by atoms with van der Waals surface area (Å²) in [5, 5.41) is 13.7. The number of rotatable bonds is 5. The van der Waals surface area contributed by atoms with Gasteiger partial charge >= 0.3 is 0 Å². The Morgan fingerprint density at radius 3 is 3.00 bits per heavy atom. The van der Waals surface area contributed by atoms with Crippen molar-refractivity contribution in [2.45, 2.75) is 6.42 Å². The van der Waals surface area contributed by atoms with E-state index in [0.717, 1.165) is 23.5 Å². The zero-order valence-corrected chi connectivity index (χ0v) is 9.72. The third kappa shape index (κ3) is 2.55. The third-order valence-electron chi connectivity index (χ3n) is 2.59. The van der Waals surface area contributed by atoms with Gasteiger partial charge in [0.2, 0.25) is 0 Å². The molecule has 86 valence electrons. The molecule has 1 aromatic heterocycles. The smallest absolute Gasteiger partial charge is 0.0555 e. The first-order chi connectivity index (χ1) is 7.81. The monoisotopic (exact) mass is 238 g/mol. The van der Waals surface area contributed by atoms with Gasteiger partial charge in [-0.05, 0) is 36.7 Å². The SMILES string of the molecule is OCCNCCc1c[nH]c2ccc(Cl)cc12. The predicted octanol–water partition coefficient (Wildman–Crippen LogP) is 1.95. The van der Waals surface area contributed by atoms with Crippen LogP contribution in [0.5, 0.6) is 0 Å². The molecular weight excluding hydrogens is 224 g/mol. The Balaban J connectivity index is 2.09. The van der Waals surface area contributed by atoms with Crippen LogP contribution in [-0.2, 0) is 6.42 Å². The summed E-state index contributed by atoms with van der Waals surface area (Å²) in [5.74, 6) is 0. The number of aromatic amines is 1. The Morgan fingerprint density at radius 2 is 2.19 bits per heavy atom. The van der Waals surface area contributed by atoms with E-state index in [1.165, 1.54) is 10.9 Å². The maximum absolute atomic E-state index is 8.65. The minimum Gasteiger partial charge on any atom is -0.395 e. The van der Waals surface area contributed by atoms with Crippen LogP contribution in [0.4, 0.5) is 0 Å². The molecule has 0 spiro atoms. The highest BCUT2D eigenvalue weighted by Crippen LogP contribution is 2.22. The van der Waals surface area contributed by atoms with Gasteiger partial charge in [0.05, 0.1) is 6.61 Å². The van der Waals surface area contributed by atoms with Crippen molar-refractivity contribution in [2.24, 2.45) is 0 Å². The number of hydrogen-bond donors (Lipinski definition) is 3. The fourth-order valence-electron chi connectivity index (χ4n) is 1.78. The van der Waals surface area contributed by atoms with Crippen LogP contribution in [0.2, 0.25) is 5.02 Å². The number of aromatic nitrogens is 1. The lowest BCUT2D eigenvalue weighted by atomic mass is 10.1. The summed E-state index contributed by atoms with van der Waals surface area (Å²) < 4.78 is 0. The fraction of sp³-hybridized carbons (Fsp3) is 0.333. The molecule has 0 aliphatic heterocycles. The quantitative estimate of drug-likeness (QED) is 0.698. The minimum absolute atomic E-state index is 0.180. The van der Waals surface area contributed by atoms with Crippen LogP contribution < -0.4 is 5.32 Å². The van der Waals surface area contributed by atoms with Gasteiger partial charge in [-0.1, -0.05) is 11.6 Å². The van der Waals surface area contributed by atoms with E-state index in [-0.39, 0.29) is 6.61 Å². The zero-order valence-electron chi connectivity index (χ0n) is 8.96. The second-order valence-electron chi connectivity index (χ2n) is 3.73. The molecule has 3 N–H and O–H groups in total. The largest absolute Gasteiger partial charge is 0.395 e. The number of fused-ring (bicyclic) bond motifs is 1. The number of hydrogen-bond acceptors (Lipinski definition) is 2. The fourth-order valence-corrected chi connectivity index (χ4v) is 1.96. The summed E-state index contributed by atoms with van der Waals surface area (Å²) in [6.07, 6.45) is 2.95. The summed E-state index contributed by atoms with van der Waals surface area (Å²) in [6.45, 7) is 1.68. The summed E-state index contributed by atoms with van der Waals surface area (Å²) >= 11 is 5.97. The van der Waals surface area contributed by atoms with Gasteiger partial charge in [0.1, 0.15) is 0 Å². The maximum Gasteiger partial charge on any atom is 0.0555 e. The highest BCUT2D eigenvalue weighted by atomic mass is 35.5. The summed E-state index contributed by atoms with van der Waals surface area (Å²) in [7, 11) is 0. The standard InChI is InChI=1S/C12H15ClN2O/c13-10-1-2-12-11(7-10)9(8-15-12)3-4-14-5-6-16/h1-2,7-8,14-16H,3-6H2. The Kier molecular flexibility index (Phi) is 3.83. The van der Waals surface area contributed by atoms with Gasteiger partial charge in [0, 0.05) is 28.7 Å². The van der Waals surface area contributed by atoms with Crippen LogP contribution >= 0.6 is 11.6 Å². The molecule has 2 rings (SSSR count). The molecule has 0 amide bonds. The van der Waals surface area contributed by atoms with E-state index in [9.17, 15) is 0 Å². The van der Waals surface area contributed by atoms with Crippen molar-refractivity contribution in [3.63, 3.8) is 0 Å².